The standard InChI is InChI=1S/C11H14Cl2N2O2/c1-6(2-3-16)15-11(17)8-4-7(14)5-9(12)10(8)13/h4-6,16H,2-3,14H2,1H3,(H,15,17). The zero-order valence-corrected chi connectivity index (χ0v) is 10.8. The van der Waals surface area contributed by atoms with E-state index in [4.69, 9.17) is 34.0 Å². The van der Waals surface area contributed by atoms with Gasteiger partial charge in [0.15, 0.2) is 0 Å². The lowest BCUT2D eigenvalue weighted by atomic mass is 10.1. The second kappa shape index (κ2) is 6.10. The fourth-order valence-electron chi connectivity index (χ4n) is 1.34. The number of carbonyl (C=O) groups excluding carboxylic acids is 1. The molecule has 0 radical (unpaired) electrons. The summed E-state index contributed by atoms with van der Waals surface area (Å²) in [5.41, 5.74) is 6.20. The normalized spacial score (nSPS) is 12.2. The molecule has 17 heavy (non-hydrogen) atoms. The molecular formula is C11H14Cl2N2O2. The van der Waals surface area contributed by atoms with E-state index in [1.165, 1.54) is 12.1 Å². The molecular weight excluding hydrogens is 263 g/mol. The van der Waals surface area contributed by atoms with Gasteiger partial charge in [-0.05, 0) is 25.5 Å². The Hall–Kier alpha value is -0.970. The zero-order chi connectivity index (χ0) is 13.0. The van der Waals surface area contributed by atoms with Crippen molar-refractivity contribution in [1.29, 1.82) is 0 Å². The van der Waals surface area contributed by atoms with Gasteiger partial charge in [-0.15, -0.1) is 0 Å². The van der Waals surface area contributed by atoms with E-state index in [-0.39, 0.29) is 34.2 Å². The van der Waals surface area contributed by atoms with Gasteiger partial charge in [0.25, 0.3) is 5.91 Å². The summed E-state index contributed by atoms with van der Waals surface area (Å²) in [6, 6.07) is 2.80. The first-order valence-electron chi connectivity index (χ1n) is 5.12. The highest BCUT2D eigenvalue weighted by Gasteiger charge is 2.15. The molecule has 1 atom stereocenters. The first-order chi connectivity index (χ1) is 7.95. The van der Waals surface area contributed by atoms with Gasteiger partial charge in [0, 0.05) is 18.3 Å². The van der Waals surface area contributed by atoms with Crippen LogP contribution in [0.3, 0.4) is 0 Å². The number of carbonyl (C=O) groups is 1. The van der Waals surface area contributed by atoms with Gasteiger partial charge >= 0.3 is 0 Å². The fourth-order valence-corrected chi connectivity index (χ4v) is 1.77. The number of hydrogen-bond donors (Lipinski definition) is 3. The Balaban J connectivity index is 2.89. The van der Waals surface area contributed by atoms with E-state index in [0.717, 1.165) is 0 Å². The smallest absolute Gasteiger partial charge is 0.253 e. The van der Waals surface area contributed by atoms with Gasteiger partial charge < -0.3 is 16.2 Å². The van der Waals surface area contributed by atoms with E-state index in [1.807, 2.05) is 0 Å². The molecule has 0 aliphatic heterocycles. The predicted molar refractivity (Wildman–Crippen MR) is 69.5 cm³/mol. The van der Waals surface area contributed by atoms with Gasteiger partial charge in [-0.1, -0.05) is 23.2 Å². The summed E-state index contributed by atoms with van der Waals surface area (Å²) >= 11 is 11.8. The van der Waals surface area contributed by atoms with Crippen LogP contribution in [0.2, 0.25) is 10.0 Å². The van der Waals surface area contributed by atoms with Gasteiger partial charge in [0.05, 0.1) is 15.6 Å². The number of nitrogen functional groups attached to an aromatic ring is 1. The summed E-state index contributed by atoms with van der Waals surface area (Å²) < 4.78 is 0. The van der Waals surface area contributed by atoms with Crippen LogP contribution >= 0.6 is 23.2 Å². The monoisotopic (exact) mass is 276 g/mol. The van der Waals surface area contributed by atoms with Crippen LogP contribution in [0.1, 0.15) is 23.7 Å². The first kappa shape index (κ1) is 14.1. The van der Waals surface area contributed by atoms with Gasteiger partial charge in [0.1, 0.15) is 0 Å². The molecule has 94 valence electrons. The van der Waals surface area contributed by atoms with Crippen molar-refractivity contribution in [1.82, 2.24) is 5.32 Å². The quantitative estimate of drug-likeness (QED) is 0.737. The van der Waals surface area contributed by atoms with E-state index in [9.17, 15) is 4.79 Å². The van der Waals surface area contributed by atoms with Crippen LogP contribution in [0, 0.1) is 0 Å². The molecule has 0 saturated heterocycles. The van der Waals surface area contributed by atoms with Crippen molar-refractivity contribution < 1.29 is 9.90 Å². The number of benzene rings is 1. The Kier molecular flexibility index (Phi) is 5.05. The summed E-state index contributed by atoms with van der Waals surface area (Å²) in [5.74, 6) is -0.356. The van der Waals surface area contributed by atoms with E-state index in [2.05, 4.69) is 5.32 Å². The molecule has 0 spiro atoms. The summed E-state index contributed by atoms with van der Waals surface area (Å²) in [6.07, 6.45) is 0.472. The van der Waals surface area contributed by atoms with Crippen molar-refractivity contribution in [2.45, 2.75) is 19.4 Å². The Morgan fingerprint density at radius 3 is 2.76 bits per heavy atom. The van der Waals surface area contributed by atoms with Crippen molar-refractivity contribution in [3.05, 3.63) is 27.7 Å². The van der Waals surface area contributed by atoms with Crippen LogP contribution in [0.25, 0.3) is 0 Å². The molecule has 0 saturated carbocycles. The second-order valence-electron chi connectivity index (χ2n) is 3.75. The highest BCUT2D eigenvalue weighted by Crippen LogP contribution is 2.28. The molecule has 0 aliphatic carbocycles. The molecule has 0 aromatic heterocycles. The third-order valence-electron chi connectivity index (χ3n) is 2.23. The third kappa shape index (κ3) is 3.77. The maximum atomic E-state index is 11.9. The molecule has 1 unspecified atom stereocenters. The molecule has 1 amide bonds. The van der Waals surface area contributed by atoms with E-state index >= 15 is 0 Å². The minimum atomic E-state index is -0.356. The number of amides is 1. The van der Waals surface area contributed by atoms with Gasteiger partial charge in [-0.2, -0.15) is 0 Å². The lowest BCUT2D eigenvalue weighted by Gasteiger charge is -2.14. The number of nitrogens with two attached hydrogens (primary N) is 1. The van der Waals surface area contributed by atoms with E-state index in [0.29, 0.717) is 12.1 Å². The summed E-state index contributed by atoms with van der Waals surface area (Å²) in [5, 5.41) is 11.9. The largest absolute Gasteiger partial charge is 0.399 e. The molecule has 0 aliphatic rings. The SMILES string of the molecule is CC(CCO)NC(=O)c1cc(N)cc(Cl)c1Cl. The lowest BCUT2D eigenvalue weighted by molar-refractivity contribution is 0.0934. The van der Waals surface area contributed by atoms with Gasteiger partial charge in [-0.25, -0.2) is 0 Å². The van der Waals surface area contributed by atoms with Crippen molar-refractivity contribution in [3.8, 4) is 0 Å². The maximum Gasteiger partial charge on any atom is 0.253 e. The molecule has 0 heterocycles. The number of aliphatic hydroxyl groups is 1. The summed E-state index contributed by atoms with van der Waals surface area (Å²) in [4.78, 5) is 11.9. The number of anilines is 1. The van der Waals surface area contributed by atoms with Crippen molar-refractivity contribution >= 4 is 34.8 Å². The molecule has 1 aromatic rings. The first-order valence-corrected chi connectivity index (χ1v) is 5.87. The minimum absolute atomic E-state index is 0.00681. The molecule has 4 nitrogen and oxygen atoms in total. The lowest BCUT2D eigenvalue weighted by Crippen LogP contribution is -2.33. The van der Waals surface area contributed by atoms with E-state index in [1.54, 1.807) is 6.92 Å². The predicted octanol–water partition coefficient (Wildman–Crippen LogP) is 2.08. The van der Waals surface area contributed by atoms with Gasteiger partial charge in [0.2, 0.25) is 0 Å². The summed E-state index contributed by atoms with van der Waals surface area (Å²) in [7, 11) is 0. The third-order valence-corrected chi connectivity index (χ3v) is 3.04. The number of aliphatic hydroxyl groups excluding tert-OH is 1. The zero-order valence-electron chi connectivity index (χ0n) is 9.34. The van der Waals surface area contributed by atoms with Crippen molar-refractivity contribution in [3.63, 3.8) is 0 Å². The Labute approximate surface area is 110 Å². The maximum absolute atomic E-state index is 11.9. The molecule has 1 rings (SSSR count). The van der Waals surface area contributed by atoms with Crippen molar-refractivity contribution in [2.75, 3.05) is 12.3 Å². The summed E-state index contributed by atoms with van der Waals surface area (Å²) in [6.45, 7) is 1.79. The molecule has 0 fully saturated rings. The van der Waals surface area contributed by atoms with Crippen LogP contribution in [-0.2, 0) is 0 Å². The van der Waals surface area contributed by atoms with Crippen LogP contribution in [0.4, 0.5) is 5.69 Å². The Morgan fingerprint density at radius 1 is 1.53 bits per heavy atom. The van der Waals surface area contributed by atoms with Crippen LogP contribution < -0.4 is 11.1 Å². The average molecular weight is 277 g/mol. The molecule has 0 bridgehead atoms. The topological polar surface area (TPSA) is 75.3 Å². The minimum Gasteiger partial charge on any atom is -0.399 e. The average Bonchev–Trinajstić information content (AvgIpc) is 2.23. The number of rotatable bonds is 4. The van der Waals surface area contributed by atoms with Crippen LogP contribution in [0.15, 0.2) is 12.1 Å². The van der Waals surface area contributed by atoms with E-state index < -0.39 is 0 Å². The molecule has 1 aromatic carbocycles. The number of hydrogen-bond acceptors (Lipinski definition) is 3. The van der Waals surface area contributed by atoms with Crippen LogP contribution in [0.5, 0.6) is 0 Å². The highest BCUT2D eigenvalue weighted by molar-refractivity contribution is 6.44. The molecule has 6 heteroatoms. The highest BCUT2D eigenvalue weighted by atomic mass is 35.5. The Morgan fingerprint density at radius 2 is 2.18 bits per heavy atom. The van der Waals surface area contributed by atoms with Crippen molar-refractivity contribution in [2.24, 2.45) is 0 Å². The van der Waals surface area contributed by atoms with Gasteiger partial charge in [-0.3, -0.25) is 4.79 Å². The Bertz CT molecular complexity index is 424. The number of halogens is 2. The number of nitrogens with one attached hydrogen (secondary N) is 1. The second-order valence-corrected chi connectivity index (χ2v) is 4.54. The fraction of sp³-hybridized carbons (Fsp3) is 0.364. The van der Waals surface area contributed by atoms with Crippen LogP contribution in [-0.4, -0.2) is 23.7 Å². The molecule has 4 N–H and O–H groups in total.